The molecule has 160 valence electrons. The molecule has 0 heterocycles. The molecule has 0 aliphatic heterocycles. The maximum atomic E-state index is 13.1. The Morgan fingerprint density at radius 1 is 1.13 bits per heavy atom. The monoisotopic (exact) mass is 428 g/mol. The van der Waals surface area contributed by atoms with Gasteiger partial charge in [-0.05, 0) is 43.0 Å². The van der Waals surface area contributed by atoms with E-state index in [1.54, 1.807) is 29.2 Å². The molecule has 2 amide bonds. The Kier molecular flexibility index (Phi) is 8.14. The number of ether oxygens (including phenoxy) is 1. The summed E-state index contributed by atoms with van der Waals surface area (Å²) in [5.41, 5.74) is 0.973. The molecule has 1 aliphatic rings. The lowest BCUT2D eigenvalue weighted by atomic mass is 10.1. The van der Waals surface area contributed by atoms with Crippen LogP contribution in [-0.2, 0) is 16.1 Å². The van der Waals surface area contributed by atoms with Crippen LogP contribution in [0.4, 0.5) is 0 Å². The summed E-state index contributed by atoms with van der Waals surface area (Å²) in [6, 6.07) is 16.3. The fraction of sp³-hybridized carbons (Fsp3) is 0.417. The third-order valence-electron chi connectivity index (χ3n) is 5.44. The Balaban J connectivity index is 1.73. The highest BCUT2D eigenvalue weighted by Crippen LogP contribution is 2.20. The van der Waals surface area contributed by atoms with Gasteiger partial charge in [-0.2, -0.15) is 0 Å². The van der Waals surface area contributed by atoms with Crippen LogP contribution >= 0.6 is 11.6 Å². The smallest absolute Gasteiger partial charge is 0.261 e. The van der Waals surface area contributed by atoms with Gasteiger partial charge in [-0.15, -0.1) is 0 Å². The summed E-state index contributed by atoms with van der Waals surface area (Å²) in [7, 11) is 0. The second-order valence-corrected chi connectivity index (χ2v) is 8.10. The van der Waals surface area contributed by atoms with Crippen LogP contribution in [-0.4, -0.2) is 35.4 Å². The van der Waals surface area contributed by atoms with Crippen molar-refractivity contribution in [1.82, 2.24) is 10.2 Å². The van der Waals surface area contributed by atoms with Crippen LogP contribution in [0.3, 0.4) is 0 Å². The molecule has 2 aromatic carbocycles. The van der Waals surface area contributed by atoms with Crippen molar-refractivity contribution in [3.8, 4) is 5.75 Å². The first-order chi connectivity index (χ1) is 14.6. The number of carbonyl (C=O) groups excluding carboxylic acids is 2. The van der Waals surface area contributed by atoms with Crippen LogP contribution in [0.25, 0.3) is 0 Å². The third-order valence-corrected chi connectivity index (χ3v) is 5.68. The molecular formula is C24H29ClN2O3. The molecule has 0 spiro atoms. The fourth-order valence-corrected chi connectivity index (χ4v) is 4.03. The molecule has 5 nitrogen and oxygen atoms in total. The average Bonchev–Trinajstić information content (AvgIpc) is 3.25. The van der Waals surface area contributed by atoms with Crippen LogP contribution in [0.2, 0.25) is 5.02 Å². The molecule has 6 heteroatoms. The number of hydrogen-bond acceptors (Lipinski definition) is 3. The van der Waals surface area contributed by atoms with E-state index < -0.39 is 6.04 Å². The summed E-state index contributed by atoms with van der Waals surface area (Å²) in [5, 5.41) is 3.69. The normalized spacial score (nSPS) is 14.9. The molecule has 0 saturated heterocycles. The first-order valence-electron chi connectivity index (χ1n) is 10.6. The standard InChI is InChI=1S/C24H29ClN2O3/c1-2-22(24(29)26-20-12-6-7-13-20)27(16-18-9-4-3-5-10-18)23(28)17-30-21-14-8-11-19(25)15-21/h3-5,8-11,14-15,20,22H,2,6-7,12-13,16-17H2,1H3,(H,26,29). The first kappa shape index (κ1) is 22.2. The quantitative estimate of drug-likeness (QED) is 0.635. The predicted molar refractivity (Wildman–Crippen MR) is 118 cm³/mol. The highest BCUT2D eigenvalue weighted by molar-refractivity contribution is 6.30. The molecule has 1 aliphatic carbocycles. The van der Waals surface area contributed by atoms with E-state index in [1.165, 1.54) is 0 Å². The Morgan fingerprint density at radius 2 is 1.87 bits per heavy atom. The highest BCUT2D eigenvalue weighted by Gasteiger charge is 2.30. The van der Waals surface area contributed by atoms with Gasteiger partial charge in [-0.1, -0.05) is 67.8 Å². The van der Waals surface area contributed by atoms with E-state index in [-0.39, 0.29) is 24.5 Å². The number of halogens is 1. The number of carbonyl (C=O) groups is 2. The van der Waals surface area contributed by atoms with Gasteiger partial charge >= 0.3 is 0 Å². The van der Waals surface area contributed by atoms with E-state index in [4.69, 9.17) is 16.3 Å². The summed E-state index contributed by atoms with van der Waals surface area (Å²) in [6.07, 6.45) is 4.83. The number of rotatable bonds is 9. The Bertz CT molecular complexity index is 837. The van der Waals surface area contributed by atoms with E-state index in [2.05, 4.69) is 5.32 Å². The minimum Gasteiger partial charge on any atom is -0.484 e. The zero-order chi connectivity index (χ0) is 21.3. The van der Waals surface area contributed by atoms with Gasteiger partial charge in [0.25, 0.3) is 5.91 Å². The zero-order valence-electron chi connectivity index (χ0n) is 17.4. The van der Waals surface area contributed by atoms with Gasteiger partial charge < -0.3 is 15.0 Å². The van der Waals surface area contributed by atoms with Crippen LogP contribution in [0, 0.1) is 0 Å². The maximum absolute atomic E-state index is 13.1. The molecule has 30 heavy (non-hydrogen) atoms. The summed E-state index contributed by atoms with van der Waals surface area (Å²) in [5.74, 6) is 0.211. The molecule has 1 atom stereocenters. The topological polar surface area (TPSA) is 58.6 Å². The molecule has 0 bridgehead atoms. The summed E-state index contributed by atoms with van der Waals surface area (Å²) < 4.78 is 5.67. The van der Waals surface area contributed by atoms with E-state index in [0.717, 1.165) is 31.2 Å². The van der Waals surface area contributed by atoms with Gasteiger partial charge in [0.2, 0.25) is 5.91 Å². The molecule has 3 rings (SSSR count). The molecule has 1 N–H and O–H groups in total. The second-order valence-electron chi connectivity index (χ2n) is 7.67. The summed E-state index contributed by atoms with van der Waals surface area (Å²) in [6.45, 7) is 2.14. The summed E-state index contributed by atoms with van der Waals surface area (Å²) >= 11 is 6.00. The SMILES string of the molecule is CCC(C(=O)NC1CCCC1)N(Cc1ccccc1)C(=O)COc1cccc(Cl)c1. The number of nitrogens with zero attached hydrogens (tertiary/aromatic N) is 1. The van der Waals surface area contributed by atoms with Crippen molar-refractivity contribution in [2.75, 3.05) is 6.61 Å². The zero-order valence-corrected chi connectivity index (χ0v) is 18.1. The largest absolute Gasteiger partial charge is 0.484 e. The summed E-state index contributed by atoms with van der Waals surface area (Å²) in [4.78, 5) is 27.8. The molecule has 0 aromatic heterocycles. The molecule has 2 aromatic rings. The lowest BCUT2D eigenvalue weighted by Gasteiger charge is -2.31. The van der Waals surface area contributed by atoms with Gasteiger partial charge in [0.15, 0.2) is 6.61 Å². The van der Waals surface area contributed by atoms with Gasteiger partial charge in [0.1, 0.15) is 11.8 Å². The van der Waals surface area contributed by atoms with Crippen molar-refractivity contribution in [3.63, 3.8) is 0 Å². The minimum atomic E-state index is -0.540. The van der Waals surface area contributed by atoms with E-state index >= 15 is 0 Å². The first-order valence-corrected chi connectivity index (χ1v) is 11.0. The van der Waals surface area contributed by atoms with Gasteiger partial charge in [-0.25, -0.2) is 0 Å². The number of benzene rings is 2. The Hall–Kier alpha value is -2.53. The molecule has 1 saturated carbocycles. The molecule has 1 fully saturated rings. The number of amides is 2. The van der Waals surface area contributed by atoms with E-state index in [9.17, 15) is 9.59 Å². The lowest BCUT2D eigenvalue weighted by Crippen LogP contribution is -2.52. The average molecular weight is 429 g/mol. The van der Waals surface area contributed by atoms with Crippen LogP contribution in [0.15, 0.2) is 54.6 Å². The Morgan fingerprint density at radius 3 is 2.53 bits per heavy atom. The van der Waals surface area contributed by atoms with Crippen molar-refractivity contribution < 1.29 is 14.3 Å². The van der Waals surface area contributed by atoms with Crippen LogP contribution in [0.1, 0.15) is 44.6 Å². The lowest BCUT2D eigenvalue weighted by molar-refractivity contribution is -0.143. The Labute approximate surface area is 183 Å². The second kappa shape index (κ2) is 11.0. The number of hydrogen-bond donors (Lipinski definition) is 1. The fourth-order valence-electron chi connectivity index (χ4n) is 3.85. The van der Waals surface area contributed by atoms with Crippen molar-refractivity contribution in [2.24, 2.45) is 0 Å². The van der Waals surface area contributed by atoms with Crippen LogP contribution in [0.5, 0.6) is 5.75 Å². The van der Waals surface area contributed by atoms with Crippen molar-refractivity contribution in [1.29, 1.82) is 0 Å². The van der Waals surface area contributed by atoms with Crippen LogP contribution < -0.4 is 10.1 Å². The van der Waals surface area contributed by atoms with E-state index in [0.29, 0.717) is 23.7 Å². The van der Waals surface area contributed by atoms with Gasteiger partial charge in [0, 0.05) is 17.6 Å². The predicted octanol–water partition coefficient (Wildman–Crippen LogP) is 4.59. The maximum Gasteiger partial charge on any atom is 0.261 e. The minimum absolute atomic E-state index is 0.0866. The van der Waals surface area contributed by atoms with Crippen molar-refractivity contribution in [3.05, 3.63) is 65.2 Å². The third kappa shape index (κ3) is 6.23. The molecular weight excluding hydrogens is 400 g/mol. The molecule has 0 radical (unpaired) electrons. The molecule has 1 unspecified atom stereocenters. The van der Waals surface area contributed by atoms with E-state index in [1.807, 2.05) is 37.3 Å². The van der Waals surface area contributed by atoms with Crippen molar-refractivity contribution >= 4 is 23.4 Å². The van der Waals surface area contributed by atoms with Crippen molar-refractivity contribution in [2.45, 2.75) is 57.7 Å². The van der Waals surface area contributed by atoms with Gasteiger partial charge in [0.05, 0.1) is 0 Å². The highest BCUT2D eigenvalue weighted by atomic mass is 35.5. The number of nitrogens with one attached hydrogen (secondary N) is 1. The van der Waals surface area contributed by atoms with Gasteiger partial charge in [-0.3, -0.25) is 9.59 Å².